The van der Waals surface area contributed by atoms with E-state index in [0.29, 0.717) is 12.0 Å². The minimum atomic E-state index is -0.143. The average molecular weight is 373 g/mol. The second-order valence-corrected chi connectivity index (χ2v) is 7.90. The molecule has 0 bridgehead atoms. The summed E-state index contributed by atoms with van der Waals surface area (Å²) in [6.07, 6.45) is 9.21. The first-order chi connectivity index (χ1) is 12.6. The lowest BCUT2D eigenvalue weighted by molar-refractivity contribution is -0.133. The molecule has 0 aliphatic carbocycles. The van der Waals surface area contributed by atoms with Gasteiger partial charge in [0, 0.05) is 50.4 Å². The molecular formula is C18H23N5O2S. The minimum absolute atomic E-state index is 0.00560. The van der Waals surface area contributed by atoms with Crippen LogP contribution >= 0.6 is 11.3 Å². The first-order valence-corrected chi connectivity index (χ1v) is 10.00. The van der Waals surface area contributed by atoms with Crippen molar-refractivity contribution in [1.29, 1.82) is 0 Å². The normalized spacial score (nSPS) is 23.0. The highest BCUT2D eigenvalue weighted by atomic mass is 32.1. The summed E-state index contributed by atoms with van der Waals surface area (Å²) >= 11 is 1.58. The van der Waals surface area contributed by atoms with Crippen molar-refractivity contribution in [3.63, 3.8) is 0 Å². The highest BCUT2D eigenvalue weighted by Crippen LogP contribution is 2.31. The van der Waals surface area contributed by atoms with Crippen molar-refractivity contribution in [2.75, 3.05) is 18.0 Å². The van der Waals surface area contributed by atoms with E-state index < -0.39 is 0 Å². The molecule has 2 aliphatic heterocycles. The van der Waals surface area contributed by atoms with Crippen LogP contribution in [0.1, 0.15) is 42.5 Å². The maximum atomic E-state index is 13.2. The lowest BCUT2D eigenvalue weighted by atomic mass is 10.0. The van der Waals surface area contributed by atoms with Gasteiger partial charge >= 0.3 is 0 Å². The molecular weight excluding hydrogens is 350 g/mol. The number of amides is 1. The number of likely N-dealkylation sites (tertiary alicyclic amines) is 1. The van der Waals surface area contributed by atoms with Crippen LogP contribution in [-0.4, -0.2) is 56.5 Å². The van der Waals surface area contributed by atoms with Crippen molar-refractivity contribution >= 4 is 28.2 Å². The number of Topliss-reactive ketones (excluding diaryl/α,β-unsaturated/α-hetero) is 1. The van der Waals surface area contributed by atoms with Gasteiger partial charge in [0.1, 0.15) is 6.04 Å². The van der Waals surface area contributed by atoms with Gasteiger partial charge in [0.15, 0.2) is 10.9 Å². The van der Waals surface area contributed by atoms with Crippen LogP contribution in [0.25, 0.3) is 0 Å². The summed E-state index contributed by atoms with van der Waals surface area (Å²) in [6, 6.07) is -0.149. The first-order valence-electron chi connectivity index (χ1n) is 9.12. The van der Waals surface area contributed by atoms with Crippen molar-refractivity contribution in [1.82, 2.24) is 19.7 Å². The summed E-state index contributed by atoms with van der Waals surface area (Å²) in [6.45, 7) is 1.61. The van der Waals surface area contributed by atoms with Crippen LogP contribution in [0.5, 0.6) is 0 Å². The van der Waals surface area contributed by atoms with Gasteiger partial charge in [-0.2, -0.15) is 5.10 Å². The summed E-state index contributed by atoms with van der Waals surface area (Å²) in [5, 5.41) is 6.93. The summed E-state index contributed by atoms with van der Waals surface area (Å²) in [7, 11) is 1.80. The van der Waals surface area contributed by atoms with Crippen LogP contribution in [-0.2, 0) is 11.8 Å². The third-order valence-electron chi connectivity index (χ3n) is 5.31. The van der Waals surface area contributed by atoms with Gasteiger partial charge in [-0.25, -0.2) is 4.98 Å². The van der Waals surface area contributed by atoms with Gasteiger partial charge < -0.3 is 9.80 Å². The molecule has 0 spiro atoms. The zero-order valence-corrected chi connectivity index (χ0v) is 15.7. The van der Waals surface area contributed by atoms with Crippen molar-refractivity contribution in [3.05, 3.63) is 29.5 Å². The molecule has 2 saturated heterocycles. The molecule has 2 atom stereocenters. The van der Waals surface area contributed by atoms with Crippen LogP contribution in [0.4, 0.5) is 5.13 Å². The monoisotopic (exact) mass is 373 g/mol. The number of carbonyl (C=O) groups is 2. The fourth-order valence-electron chi connectivity index (χ4n) is 4.04. The Hall–Kier alpha value is -2.22. The van der Waals surface area contributed by atoms with Gasteiger partial charge in [0.2, 0.25) is 5.91 Å². The molecule has 0 aromatic carbocycles. The summed E-state index contributed by atoms with van der Waals surface area (Å²) in [4.78, 5) is 34.2. The van der Waals surface area contributed by atoms with Crippen molar-refractivity contribution in [2.45, 2.75) is 44.2 Å². The molecule has 8 heteroatoms. The fraction of sp³-hybridized carbons (Fsp3) is 0.556. The molecule has 0 saturated carbocycles. The smallest absolute Gasteiger partial charge is 0.245 e. The second kappa shape index (κ2) is 7.19. The van der Waals surface area contributed by atoms with Crippen LogP contribution in [0.15, 0.2) is 24.0 Å². The Morgan fingerprint density at radius 3 is 2.85 bits per heavy atom. The Balaban J connectivity index is 1.45. The molecule has 0 N–H and O–H groups in total. The van der Waals surface area contributed by atoms with Crippen LogP contribution < -0.4 is 4.90 Å². The van der Waals surface area contributed by atoms with E-state index in [1.807, 2.05) is 10.3 Å². The predicted molar refractivity (Wildman–Crippen MR) is 99.4 cm³/mol. The Labute approximate surface area is 156 Å². The molecule has 2 fully saturated rings. The van der Waals surface area contributed by atoms with Gasteiger partial charge in [-0.1, -0.05) is 0 Å². The van der Waals surface area contributed by atoms with Gasteiger partial charge in [-0.05, 0) is 25.7 Å². The first kappa shape index (κ1) is 17.2. The van der Waals surface area contributed by atoms with Crippen molar-refractivity contribution in [3.8, 4) is 0 Å². The zero-order valence-electron chi connectivity index (χ0n) is 14.9. The lowest BCUT2D eigenvalue weighted by Crippen LogP contribution is -2.48. The quantitative estimate of drug-likeness (QED) is 0.751. The molecule has 1 amide bonds. The Morgan fingerprint density at radius 1 is 1.27 bits per heavy atom. The standard InChI is InChI=1S/C18H23N5O2S/c1-21-12-13(11-20-21)16(24)10-14-4-2-7-22(14)17(25)15-5-3-8-23(15)18-19-6-9-26-18/h6,9,11-12,14-15H,2-5,7-8,10H2,1H3. The van der Waals surface area contributed by atoms with Crippen LogP contribution in [0.3, 0.4) is 0 Å². The number of aromatic nitrogens is 3. The molecule has 4 rings (SSSR count). The summed E-state index contributed by atoms with van der Waals surface area (Å²) < 4.78 is 1.63. The van der Waals surface area contributed by atoms with Crippen molar-refractivity contribution < 1.29 is 9.59 Å². The number of nitrogens with zero attached hydrogens (tertiary/aromatic N) is 5. The van der Waals surface area contributed by atoms with Crippen LogP contribution in [0.2, 0.25) is 0 Å². The molecule has 2 aromatic heterocycles. The minimum Gasteiger partial charge on any atom is -0.337 e. The maximum absolute atomic E-state index is 13.2. The number of ketones is 1. The van der Waals surface area contributed by atoms with Crippen molar-refractivity contribution in [2.24, 2.45) is 7.05 Å². The highest BCUT2D eigenvalue weighted by molar-refractivity contribution is 7.13. The topological polar surface area (TPSA) is 71.3 Å². The van der Waals surface area contributed by atoms with E-state index >= 15 is 0 Å². The Bertz CT molecular complexity index is 787. The maximum Gasteiger partial charge on any atom is 0.245 e. The molecule has 26 heavy (non-hydrogen) atoms. The van der Waals surface area contributed by atoms with E-state index in [9.17, 15) is 9.59 Å². The number of carbonyl (C=O) groups excluding carboxylic acids is 2. The summed E-state index contributed by atoms with van der Waals surface area (Å²) in [5.41, 5.74) is 0.622. The molecule has 4 heterocycles. The van der Waals surface area contributed by atoms with E-state index in [1.165, 1.54) is 0 Å². The van der Waals surface area contributed by atoms with Gasteiger partial charge in [0.25, 0.3) is 0 Å². The van der Waals surface area contributed by atoms with E-state index in [2.05, 4.69) is 15.0 Å². The Kier molecular flexibility index (Phi) is 4.76. The molecule has 138 valence electrons. The zero-order chi connectivity index (χ0) is 18.1. The SMILES string of the molecule is Cn1cc(C(=O)CC2CCCN2C(=O)C2CCCN2c2nccs2)cn1. The number of thiazole rings is 1. The lowest BCUT2D eigenvalue weighted by Gasteiger charge is -2.31. The third kappa shape index (κ3) is 3.25. The van der Waals surface area contributed by atoms with E-state index in [0.717, 1.165) is 43.9 Å². The van der Waals surface area contributed by atoms with Gasteiger partial charge in [-0.3, -0.25) is 14.3 Å². The Morgan fingerprint density at radius 2 is 2.12 bits per heavy atom. The van der Waals surface area contributed by atoms with E-state index in [1.54, 1.807) is 41.7 Å². The molecule has 2 aromatic rings. The van der Waals surface area contributed by atoms with Gasteiger partial charge in [0.05, 0.1) is 11.8 Å². The largest absolute Gasteiger partial charge is 0.337 e. The third-order valence-corrected chi connectivity index (χ3v) is 6.12. The number of aryl methyl sites for hydroxylation is 1. The fourth-order valence-corrected chi connectivity index (χ4v) is 4.76. The van der Waals surface area contributed by atoms with E-state index in [-0.39, 0.29) is 23.8 Å². The molecule has 2 aliphatic rings. The van der Waals surface area contributed by atoms with Gasteiger partial charge in [-0.15, -0.1) is 11.3 Å². The summed E-state index contributed by atoms with van der Waals surface area (Å²) in [5.74, 6) is 0.213. The molecule has 7 nitrogen and oxygen atoms in total. The number of rotatable bonds is 5. The number of anilines is 1. The molecule has 0 radical (unpaired) electrons. The average Bonchev–Trinajstić information content (AvgIpc) is 3.40. The van der Waals surface area contributed by atoms with E-state index in [4.69, 9.17) is 0 Å². The highest BCUT2D eigenvalue weighted by Gasteiger charge is 2.39. The second-order valence-electron chi connectivity index (χ2n) is 7.02. The number of hydrogen-bond acceptors (Lipinski definition) is 6. The molecule has 2 unspecified atom stereocenters. The number of hydrogen-bond donors (Lipinski definition) is 0. The predicted octanol–water partition coefficient (Wildman–Crippen LogP) is 2.11. The van der Waals surface area contributed by atoms with Crippen LogP contribution in [0, 0.1) is 0 Å².